The molecule has 130 valence electrons. The van der Waals surface area contributed by atoms with E-state index in [4.69, 9.17) is 0 Å². The molecule has 0 spiro atoms. The van der Waals surface area contributed by atoms with Gasteiger partial charge in [0, 0.05) is 12.2 Å². The summed E-state index contributed by atoms with van der Waals surface area (Å²) in [4.78, 5) is 0. The zero-order valence-corrected chi connectivity index (χ0v) is 15.5. The summed E-state index contributed by atoms with van der Waals surface area (Å²) in [5, 5.41) is 6.25. The van der Waals surface area contributed by atoms with E-state index < -0.39 is 0 Å². The third-order valence-electron chi connectivity index (χ3n) is 5.08. The van der Waals surface area contributed by atoms with E-state index in [1.54, 1.807) is 0 Å². The minimum atomic E-state index is 0.212. The Morgan fingerprint density at radius 2 is 1.65 bits per heavy atom. The van der Waals surface area contributed by atoms with Crippen molar-refractivity contribution in [3.8, 4) is 0 Å². The van der Waals surface area contributed by atoms with Gasteiger partial charge in [-0.05, 0) is 51.4 Å². The van der Waals surface area contributed by atoms with Gasteiger partial charge in [-0.25, -0.2) is 0 Å². The van der Waals surface area contributed by atoms with Crippen LogP contribution in [-0.2, 0) is 6.54 Å². The van der Waals surface area contributed by atoms with Gasteiger partial charge in [-0.2, -0.15) is 0 Å². The smallest absolute Gasteiger partial charge is 0.0407 e. The van der Waals surface area contributed by atoms with Crippen LogP contribution in [-0.4, -0.2) is 0 Å². The van der Waals surface area contributed by atoms with Gasteiger partial charge in [0.15, 0.2) is 0 Å². The van der Waals surface area contributed by atoms with Crippen molar-refractivity contribution < 1.29 is 0 Å². The van der Waals surface area contributed by atoms with E-state index in [1.165, 1.54) is 27.5 Å². The Balaban J connectivity index is 1.75. The lowest BCUT2D eigenvalue weighted by molar-refractivity contribution is 0.492. The van der Waals surface area contributed by atoms with Gasteiger partial charge in [0.25, 0.3) is 0 Å². The molecule has 0 unspecified atom stereocenters. The van der Waals surface area contributed by atoms with E-state index in [0.717, 1.165) is 18.7 Å². The highest BCUT2D eigenvalue weighted by atomic mass is 14.9. The Labute approximate surface area is 156 Å². The second-order valence-corrected chi connectivity index (χ2v) is 7.76. The van der Waals surface area contributed by atoms with Crippen LogP contribution in [0.3, 0.4) is 0 Å². The number of benzene rings is 3. The number of allylic oxidation sites excluding steroid dienone is 4. The van der Waals surface area contributed by atoms with Crippen molar-refractivity contribution in [1.82, 2.24) is 0 Å². The molecular formula is C25H25N. The van der Waals surface area contributed by atoms with Gasteiger partial charge >= 0.3 is 0 Å². The summed E-state index contributed by atoms with van der Waals surface area (Å²) in [7, 11) is 0. The number of hydrogen-bond donors (Lipinski definition) is 1. The molecule has 0 aromatic heterocycles. The van der Waals surface area contributed by atoms with E-state index in [-0.39, 0.29) is 5.41 Å². The minimum absolute atomic E-state index is 0.212. The quantitative estimate of drug-likeness (QED) is 0.550. The maximum atomic E-state index is 3.57. The zero-order valence-electron chi connectivity index (χ0n) is 15.5. The van der Waals surface area contributed by atoms with Crippen molar-refractivity contribution in [2.45, 2.75) is 26.8 Å². The number of hydrogen-bond acceptors (Lipinski definition) is 1. The van der Waals surface area contributed by atoms with Crippen LogP contribution in [0.2, 0.25) is 0 Å². The third-order valence-corrected chi connectivity index (χ3v) is 5.08. The Bertz CT molecular complexity index is 972. The second-order valence-electron chi connectivity index (χ2n) is 7.76. The molecule has 3 aromatic rings. The molecule has 1 N–H and O–H groups in total. The van der Waals surface area contributed by atoms with E-state index in [2.05, 4.69) is 98.1 Å². The van der Waals surface area contributed by atoms with Crippen molar-refractivity contribution in [2.24, 2.45) is 5.41 Å². The molecule has 0 fully saturated rings. The van der Waals surface area contributed by atoms with Gasteiger partial charge in [-0.1, -0.05) is 86.7 Å². The summed E-state index contributed by atoms with van der Waals surface area (Å²) >= 11 is 0. The first-order valence-corrected chi connectivity index (χ1v) is 9.31. The topological polar surface area (TPSA) is 12.0 Å². The first kappa shape index (κ1) is 16.7. The molecule has 0 aliphatic heterocycles. The van der Waals surface area contributed by atoms with Gasteiger partial charge in [0.1, 0.15) is 0 Å². The Morgan fingerprint density at radius 3 is 2.42 bits per heavy atom. The molecule has 1 aliphatic rings. The fraction of sp³-hybridized carbons (Fsp3) is 0.200. The summed E-state index contributed by atoms with van der Waals surface area (Å²) < 4.78 is 0. The van der Waals surface area contributed by atoms with Crippen LogP contribution < -0.4 is 5.32 Å². The third kappa shape index (κ3) is 3.43. The van der Waals surface area contributed by atoms with Gasteiger partial charge in [0.05, 0.1) is 0 Å². The first-order valence-electron chi connectivity index (χ1n) is 9.31. The predicted molar refractivity (Wildman–Crippen MR) is 113 cm³/mol. The van der Waals surface area contributed by atoms with Crippen molar-refractivity contribution in [3.63, 3.8) is 0 Å². The number of nitrogens with one attached hydrogen (secondary N) is 1. The van der Waals surface area contributed by atoms with Crippen molar-refractivity contribution in [2.75, 3.05) is 5.32 Å². The maximum Gasteiger partial charge on any atom is 0.0407 e. The second kappa shape index (κ2) is 6.84. The highest BCUT2D eigenvalue weighted by molar-refractivity contribution is 5.97. The van der Waals surface area contributed by atoms with Crippen LogP contribution in [0.1, 0.15) is 31.4 Å². The average Bonchev–Trinajstić information content (AvgIpc) is 2.66. The van der Waals surface area contributed by atoms with Crippen LogP contribution in [0.5, 0.6) is 0 Å². The largest absolute Gasteiger partial charge is 0.381 e. The molecule has 0 amide bonds. The predicted octanol–water partition coefficient (Wildman–Crippen LogP) is 6.82. The average molecular weight is 339 g/mol. The van der Waals surface area contributed by atoms with Crippen LogP contribution >= 0.6 is 0 Å². The molecule has 3 aromatic carbocycles. The molecule has 0 heterocycles. The fourth-order valence-electron chi connectivity index (χ4n) is 3.81. The lowest BCUT2D eigenvalue weighted by atomic mass is 9.79. The molecule has 0 saturated heterocycles. The zero-order chi connectivity index (χ0) is 18.0. The number of rotatable bonds is 4. The lowest BCUT2D eigenvalue weighted by Gasteiger charge is -2.26. The standard InChI is InChI=1S/C25H25N/c1-25(2)16-8-12-20(17-25)23-15-7-10-19-9-6-11-21(24(19)23)18-26-22-13-4-3-5-14-22/h3-16,26H,17-18H2,1-2H3. The summed E-state index contributed by atoms with van der Waals surface area (Å²) in [5.41, 5.74) is 5.50. The molecule has 1 nitrogen and oxygen atoms in total. The minimum Gasteiger partial charge on any atom is -0.381 e. The van der Waals surface area contributed by atoms with Gasteiger partial charge in [0.2, 0.25) is 0 Å². The molecule has 1 aliphatic carbocycles. The van der Waals surface area contributed by atoms with Crippen molar-refractivity contribution in [1.29, 1.82) is 0 Å². The molecule has 26 heavy (non-hydrogen) atoms. The molecular weight excluding hydrogens is 314 g/mol. The Kier molecular flexibility index (Phi) is 4.38. The fourth-order valence-corrected chi connectivity index (χ4v) is 3.81. The highest BCUT2D eigenvalue weighted by Gasteiger charge is 2.21. The van der Waals surface area contributed by atoms with Crippen LogP contribution in [0, 0.1) is 5.41 Å². The van der Waals surface area contributed by atoms with Crippen LogP contribution in [0.15, 0.2) is 85.0 Å². The van der Waals surface area contributed by atoms with E-state index in [9.17, 15) is 0 Å². The number of anilines is 1. The van der Waals surface area contributed by atoms with Crippen molar-refractivity contribution in [3.05, 3.63) is 96.1 Å². The molecule has 0 atom stereocenters. The van der Waals surface area contributed by atoms with Gasteiger partial charge in [-0.3, -0.25) is 0 Å². The summed E-state index contributed by atoms with van der Waals surface area (Å²) in [6.45, 7) is 5.43. The van der Waals surface area contributed by atoms with Crippen molar-refractivity contribution >= 4 is 22.0 Å². The van der Waals surface area contributed by atoms with Gasteiger partial charge < -0.3 is 5.32 Å². The normalized spacial score (nSPS) is 15.7. The van der Waals surface area contributed by atoms with Crippen LogP contribution in [0.4, 0.5) is 5.69 Å². The Hall–Kier alpha value is -2.80. The summed E-state index contributed by atoms with van der Waals surface area (Å²) in [5.74, 6) is 0. The summed E-state index contributed by atoms with van der Waals surface area (Å²) in [6, 6.07) is 23.7. The van der Waals surface area contributed by atoms with E-state index in [1.807, 2.05) is 6.07 Å². The van der Waals surface area contributed by atoms with Gasteiger partial charge in [-0.15, -0.1) is 0 Å². The first-order chi connectivity index (χ1) is 12.6. The Morgan fingerprint density at radius 1 is 0.885 bits per heavy atom. The molecule has 0 bridgehead atoms. The van der Waals surface area contributed by atoms with E-state index >= 15 is 0 Å². The highest BCUT2D eigenvalue weighted by Crippen LogP contribution is 2.38. The SMILES string of the molecule is CC1(C)C=CC=C(c2cccc3cccc(CNc4ccccc4)c23)C1. The lowest BCUT2D eigenvalue weighted by Crippen LogP contribution is -2.11. The molecule has 4 rings (SSSR count). The monoisotopic (exact) mass is 339 g/mol. The van der Waals surface area contributed by atoms with E-state index in [0.29, 0.717) is 0 Å². The molecule has 0 radical (unpaired) electrons. The van der Waals surface area contributed by atoms with Crippen LogP contribution in [0.25, 0.3) is 16.3 Å². The number of fused-ring (bicyclic) bond motifs is 1. The molecule has 1 heteroatoms. The number of para-hydroxylation sites is 1. The summed E-state index contributed by atoms with van der Waals surface area (Å²) in [6.07, 6.45) is 7.87. The molecule has 0 saturated carbocycles. The maximum absolute atomic E-state index is 3.57.